The summed E-state index contributed by atoms with van der Waals surface area (Å²) in [6, 6.07) is 10.4. The summed E-state index contributed by atoms with van der Waals surface area (Å²) in [6.45, 7) is 8.43. The Morgan fingerprint density at radius 2 is 1.90 bits per heavy atom. The lowest BCUT2D eigenvalue weighted by Gasteiger charge is -2.16. The van der Waals surface area contributed by atoms with Crippen LogP contribution in [0.15, 0.2) is 35.3 Å². The Kier molecular flexibility index (Phi) is 7.14. The molecule has 0 amide bonds. The van der Waals surface area contributed by atoms with Crippen LogP contribution in [0.4, 0.5) is 0 Å². The maximum Gasteiger partial charge on any atom is 0.414 e. The van der Waals surface area contributed by atoms with Gasteiger partial charge in [-0.15, -0.1) is 4.99 Å². The van der Waals surface area contributed by atoms with E-state index < -0.39 is 0 Å². The molecule has 0 atom stereocenters. The second-order valence-corrected chi connectivity index (χ2v) is 8.32. The molecule has 5 heteroatoms. The Hall–Kier alpha value is -2.11. The summed E-state index contributed by atoms with van der Waals surface area (Å²) in [6.07, 6.45) is 4.46. The van der Waals surface area contributed by atoms with Gasteiger partial charge in [0.1, 0.15) is 5.75 Å². The van der Waals surface area contributed by atoms with Gasteiger partial charge < -0.3 is 9.64 Å². The van der Waals surface area contributed by atoms with Crippen molar-refractivity contribution < 1.29 is 4.74 Å². The number of rotatable bonds is 6. The van der Waals surface area contributed by atoms with E-state index in [1.807, 2.05) is 13.0 Å². The average molecular weight is 411 g/mol. The fourth-order valence-electron chi connectivity index (χ4n) is 3.71. The monoisotopic (exact) mass is 410 g/mol. The van der Waals surface area contributed by atoms with E-state index in [-0.39, 0.29) is 5.84 Å². The first-order chi connectivity index (χ1) is 13.9. The summed E-state index contributed by atoms with van der Waals surface area (Å²) in [5, 5.41) is 8.63. The summed E-state index contributed by atoms with van der Waals surface area (Å²) >= 11 is 3.45. The second kappa shape index (κ2) is 9.59. The molecule has 1 aliphatic carbocycles. The Labute approximate surface area is 179 Å². The lowest BCUT2D eigenvalue weighted by Crippen LogP contribution is -2.20. The zero-order valence-corrected chi connectivity index (χ0v) is 18.9. The maximum absolute atomic E-state index is 8.33. The highest BCUT2D eigenvalue weighted by Crippen LogP contribution is 2.25. The van der Waals surface area contributed by atoms with E-state index in [4.69, 9.17) is 10.1 Å². The molecule has 0 radical (unpaired) electrons. The fraction of sp³-hybridized carbons (Fsp3) is 0.417. The highest BCUT2D eigenvalue weighted by molar-refractivity contribution is 7.77. The second-order valence-electron chi connectivity index (χ2n) is 7.89. The van der Waals surface area contributed by atoms with Crippen molar-refractivity contribution in [1.29, 1.82) is 5.41 Å². The Bertz CT molecular complexity index is 936. The fourth-order valence-corrected chi connectivity index (χ4v) is 3.93. The van der Waals surface area contributed by atoms with Crippen molar-refractivity contribution in [3.63, 3.8) is 0 Å². The molecule has 0 fully saturated rings. The predicted octanol–water partition coefficient (Wildman–Crippen LogP) is 4.06. The molecule has 0 aromatic heterocycles. The number of aryl methyl sites for hydroxylation is 4. The molecule has 0 spiro atoms. The van der Waals surface area contributed by atoms with Crippen LogP contribution in [0.5, 0.6) is 5.75 Å². The number of fused-ring (bicyclic) bond motifs is 1. The van der Waals surface area contributed by atoms with Crippen LogP contribution in [0.1, 0.15) is 46.7 Å². The lowest BCUT2D eigenvalue weighted by atomic mass is 10.0. The summed E-state index contributed by atoms with van der Waals surface area (Å²) in [5.74, 6) is 0.976. The number of nitrogens with zero attached hydrogens (tertiary/aromatic N) is 2. The molecule has 2 aromatic rings. The van der Waals surface area contributed by atoms with Gasteiger partial charge in [-0.1, -0.05) is 25.1 Å². The van der Waals surface area contributed by atoms with Gasteiger partial charge in [-0.25, -0.2) is 0 Å². The first kappa shape index (κ1) is 21.6. The standard InChI is InChI=1S/C24H31N3OS/c1-5-27(4)12-11-19-13-17(3)22(14-16(19)2)28-24(29)26-23(25)21-10-9-18-7-6-8-20(18)15-21/h9-10,13-15H,5-8,11-12H2,1-4H3,(H2,25,26,29)/p+1. The highest BCUT2D eigenvalue weighted by Gasteiger charge is 2.15. The quantitative estimate of drug-likeness (QED) is 0.444. The van der Waals surface area contributed by atoms with E-state index in [9.17, 15) is 0 Å². The molecule has 3 rings (SSSR count). The van der Waals surface area contributed by atoms with E-state index in [1.165, 1.54) is 28.7 Å². The van der Waals surface area contributed by atoms with E-state index in [1.54, 1.807) is 0 Å². The van der Waals surface area contributed by atoms with Crippen molar-refractivity contribution in [2.45, 2.75) is 46.5 Å². The number of hydrogen-bond donors (Lipinski definition) is 1. The van der Waals surface area contributed by atoms with Gasteiger partial charge in [0.15, 0.2) is 5.84 Å². The molecule has 1 aliphatic rings. The third kappa shape index (κ3) is 5.49. The minimum atomic E-state index is 0.207. The van der Waals surface area contributed by atoms with Crippen LogP contribution in [0.25, 0.3) is 0 Å². The number of benzene rings is 2. The molecule has 2 aromatic carbocycles. The molecule has 0 bridgehead atoms. The first-order valence-electron chi connectivity index (χ1n) is 10.3. The molecule has 1 N–H and O–H groups in total. The van der Waals surface area contributed by atoms with Crippen LogP contribution in [0, 0.1) is 19.3 Å². The third-order valence-corrected chi connectivity index (χ3v) is 5.94. The van der Waals surface area contributed by atoms with Crippen LogP contribution in [-0.4, -0.2) is 36.1 Å². The van der Waals surface area contributed by atoms with E-state index in [2.05, 4.69) is 67.7 Å². The SMILES string of the molecule is CCN(C)CCc1cc(C)c(OC([SH2+])=NC(=N)c2ccc3c(c2)CCC3)cc1C. The number of ether oxygens (including phenoxy) is 1. The molecular formula is C24H32N3OS+. The van der Waals surface area contributed by atoms with Gasteiger partial charge in [-0.05, 0) is 93.1 Å². The Morgan fingerprint density at radius 3 is 2.66 bits per heavy atom. The minimum Gasteiger partial charge on any atom is -0.402 e. The van der Waals surface area contributed by atoms with Gasteiger partial charge in [0, 0.05) is 12.1 Å². The van der Waals surface area contributed by atoms with Crippen molar-refractivity contribution in [1.82, 2.24) is 4.90 Å². The average Bonchev–Trinajstić information content (AvgIpc) is 3.16. The van der Waals surface area contributed by atoms with Crippen molar-refractivity contribution in [3.8, 4) is 5.75 Å². The van der Waals surface area contributed by atoms with Crippen molar-refractivity contribution in [2.24, 2.45) is 4.99 Å². The first-order valence-corrected chi connectivity index (χ1v) is 10.8. The van der Waals surface area contributed by atoms with E-state index >= 15 is 0 Å². The van der Waals surface area contributed by atoms with E-state index in [0.717, 1.165) is 49.2 Å². The Morgan fingerprint density at radius 1 is 1.14 bits per heavy atom. The minimum absolute atomic E-state index is 0.207. The van der Waals surface area contributed by atoms with Gasteiger partial charge >= 0.3 is 5.23 Å². The molecule has 0 unspecified atom stereocenters. The van der Waals surface area contributed by atoms with Crippen LogP contribution in [0.2, 0.25) is 0 Å². The normalized spacial score (nSPS) is 13.7. The van der Waals surface area contributed by atoms with Crippen LogP contribution < -0.4 is 4.74 Å². The number of nitrogens with one attached hydrogen (secondary N) is 1. The van der Waals surface area contributed by atoms with Crippen molar-refractivity contribution in [2.75, 3.05) is 20.1 Å². The number of amidine groups is 1. The third-order valence-electron chi connectivity index (χ3n) is 5.73. The summed E-state index contributed by atoms with van der Waals surface area (Å²) < 4.78 is 5.92. The zero-order valence-electron chi connectivity index (χ0n) is 17.9. The number of likely N-dealkylation sites (N-methyl/N-ethyl adjacent to an activating group) is 1. The maximum atomic E-state index is 8.33. The molecule has 4 nitrogen and oxygen atoms in total. The smallest absolute Gasteiger partial charge is 0.402 e. The van der Waals surface area contributed by atoms with Crippen LogP contribution in [-0.2, 0) is 31.9 Å². The molecule has 0 saturated heterocycles. The molecule has 29 heavy (non-hydrogen) atoms. The van der Waals surface area contributed by atoms with Gasteiger partial charge in [0.2, 0.25) is 0 Å². The van der Waals surface area contributed by atoms with E-state index in [0.29, 0.717) is 5.23 Å². The van der Waals surface area contributed by atoms with Crippen LogP contribution in [0.3, 0.4) is 0 Å². The summed E-state index contributed by atoms with van der Waals surface area (Å²) in [7, 11) is 2.14. The van der Waals surface area contributed by atoms with Crippen LogP contribution >= 0.6 is 0 Å². The Balaban J connectivity index is 1.70. The van der Waals surface area contributed by atoms with Crippen molar-refractivity contribution >= 4 is 23.7 Å². The number of hydrogen-bond acceptors (Lipinski definition) is 3. The largest absolute Gasteiger partial charge is 0.414 e. The lowest BCUT2D eigenvalue weighted by molar-refractivity contribution is 0.357. The topological polar surface area (TPSA) is 48.7 Å². The van der Waals surface area contributed by atoms with Crippen molar-refractivity contribution in [3.05, 3.63) is 63.7 Å². The predicted molar refractivity (Wildman–Crippen MR) is 126 cm³/mol. The number of aliphatic imine (C=N–C) groups is 1. The molecule has 154 valence electrons. The van der Waals surface area contributed by atoms with Gasteiger partial charge in [0.05, 0.1) is 12.6 Å². The summed E-state index contributed by atoms with van der Waals surface area (Å²) in [4.78, 5) is 6.63. The van der Waals surface area contributed by atoms with Gasteiger partial charge in [-0.2, -0.15) is 0 Å². The zero-order chi connectivity index (χ0) is 21.0. The van der Waals surface area contributed by atoms with Gasteiger partial charge in [-0.3, -0.25) is 5.41 Å². The molecule has 0 saturated carbocycles. The van der Waals surface area contributed by atoms with Gasteiger partial charge in [0.25, 0.3) is 0 Å². The molecule has 0 heterocycles. The highest BCUT2D eigenvalue weighted by atomic mass is 32.1. The molecule has 0 aliphatic heterocycles. The summed E-state index contributed by atoms with van der Waals surface area (Å²) in [5.41, 5.74) is 7.19. The molecular weight excluding hydrogens is 378 g/mol.